The minimum atomic E-state index is 0.281. The number of fused-ring (bicyclic) bond motifs is 1. The Hall–Kier alpha value is -2.33. The summed E-state index contributed by atoms with van der Waals surface area (Å²) in [6.07, 6.45) is 3.09. The lowest BCUT2D eigenvalue weighted by Crippen LogP contribution is -2.16. The number of aliphatic imine (C=N–C) groups is 1. The second-order valence-electron chi connectivity index (χ2n) is 6.23. The highest BCUT2D eigenvalue weighted by molar-refractivity contribution is 5.90. The molecule has 0 saturated carbocycles. The van der Waals surface area contributed by atoms with Crippen molar-refractivity contribution in [1.29, 1.82) is 0 Å². The van der Waals surface area contributed by atoms with E-state index < -0.39 is 0 Å². The normalized spacial score (nSPS) is 19.0. The van der Waals surface area contributed by atoms with Crippen molar-refractivity contribution < 1.29 is 9.84 Å². The molecule has 0 radical (unpaired) electrons. The van der Waals surface area contributed by atoms with Gasteiger partial charge in [0, 0.05) is 24.2 Å². The molecule has 0 bridgehead atoms. The highest BCUT2D eigenvalue weighted by atomic mass is 16.5. The molecule has 1 fully saturated rings. The zero-order chi connectivity index (χ0) is 15.6. The fraction of sp³-hybridized carbons (Fsp3) is 0.316. The standard InChI is InChI=1S/C19H20N2O2/c22-17-3-1-14(2-4-17)15-7-16-10-21-11-18(16)19(8-15)23-12-13-5-6-20-9-13/h1-4,7-8,11,13,20,22H,5-6,9-10,12H2. The van der Waals surface area contributed by atoms with Crippen LogP contribution < -0.4 is 10.1 Å². The summed E-state index contributed by atoms with van der Waals surface area (Å²) in [6, 6.07) is 11.5. The number of nitrogens with one attached hydrogen (secondary N) is 1. The van der Waals surface area contributed by atoms with Crippen LogP contribution >= 0.6 is 0 Å². The molecule has 2 N–H and O–H groups in total. The largest absolute Gasteiger partial charge is 0.508 e. The van der Waals surface area contributed by atoms with Crippen LogP contribution in [-0.4, -0.2) is 31.0 Å². The Balaban J connectivity index is 1.63. The number of nitrogens with zero attached hydrogens (tertiary/aromatic N) is 1. The van der Waals surface area contributed by atoms with Crippen LogP contribution in [0.4, 0.5) is 0 Å². The maximum absolute atomic E-state index is 9.47. The van der Waals surface area contributed by atoms with Crippen molar-refractivity contribution in [1.82, 2.24) is 5.32 Å². The number of phenolic OH excluding ortho intramolecular Hbond substituents is 1. The van der Waals surface area contributed by atoms with E-state index in [4.69, 9.17) is 4.74 Å². The molecule has 4 rings (SSSR count). The monoisotopic (exact) mass is 308 g/mol. The van der Waals surface area contributed by atoms with Crippen LogP contribution in [0.5, 0.6) is 11.5 Å². The predicted molar refractivity (Wildman–Crippen MR) is 91.3 cm³/mol. The van der Waals surface area contributed by atoms with E-state index in [1.54, 1.807) is 12.1 Å². The van der Waals surface area contributed by atoms with E-state index in [2.05, 4.69) is 22.4 Å². The fourth-order valence-electron chi connectivity index (χ4n) is 3.20. The number of hydrogen-bond donors (Lipinski definition) is 2. The third-order valence-corrected chi connectivity index (χ3v) is 4.55. The third-order valence-electron chi connectivity index (χ3n) is 4.55. The minimum absolute atomic E-state index is 0.281. The number of aromatic hydroxyl groups is 1. The Morgan fingerprint density at radius 2 is 2.04 bits per heavy atom. The van der Waals surface area contributed by atoms with Gasteiger partial charge in [0.15, 0.2) is 0 Å². The van der Waals surface area contributed by atoms with E-state index in [0.717, 1.165) is 42.1 Å². The second-order valence-corrected chi connectivity index (χ2v) is 6.23. The van der Waals surface area contributed by atoms with Crippen molar-refractivity contribution in [3.63, 3.8) is 0 Å². The Bertz CT molecular complexity index is 732. The van der Waals surface area contributed by atoms with E-state index in [1.807, 2.05) is 18.3 Å². The van der Waals surface area contributed by atoms with Gasteiger partial charge in [0.1, 0.15) is 11.5 Å². The molecular weight excluding hydrogens is 288 g/mol. The summed E-state index contributed by atoms with van der Waals surface area (Å²) in [4.78, 5) is 4.38. The summed E-state index contributed by atoms with van der Waals surface area (Å²) in [5, 5.41) is 12.8. The molecule has 0 spiro atoms. The molecule has 2 aromatic carbocycles. The maximum atomic E-state index is 9.47. The lowest BCUT2D eigenvalue weighted by Gasteiger charge is -2.15. The van der Waals surface area contributed by atoms with Gasteiger partial charge in [0.05, 0.1) is 13.2 Å². The summed E-state index contributed by atoms with van der Waals surface area (Å²) >= 11 is 0. The Labute approximate surface area is 135 Å². The van der Waals surface area contributed by atoms with E-state index in [1.165, 1.54) is 12.0 Å². The second kappa shape index (κ2) is 6.05. The average Bonchev–Trinajstić information content (AvgIpc) is 3.24. The SMILES string of the molecule is Oc1ccc(-c2cc3c(c(OCC4CCNC4)c2)C=NC3)cc1. The van der Waals surface area contributed by atoms with Crippen molar-refractivity contribution in [2.24, 2.45) is 10.9 Å². The van der Waals surface area contributed by atoms with Gasteiger partial charge >= 0.3 is 0 Å². The van der Waals surface area contributed by atoms with Gasteiger partial charge in [-0.05, 0) is 53.9 Å². The first-order chi connectivity index (χ1) is 11.3. The molecule has 1 unspecified atom stereocenters. The maximum Gasteiger partial charge on any atom is 0.129 e. The molecular formula is C19H20N2O2. The molecule has 23 heavy (non-hydrogen) atoms. The summed E-state index contributed by atoms with van der Waals surface area (Å²) in [7, 11) is 0. The van der Waals surface area contributed by atoms with Gasteiger partial charge in [-0.25, -0.2) is 0 Å². The average molecular weight is 308 g/mol. The summed E-state index contributed by atoms with van der Waals surface area (Å²) in [5.41, 5.74) is 4.49. The van der Waals surface area contributed by atoms with E-state index in [0.29, 0.717) is 12.5 Å². The van der Waals surface area contributed by atoms with Crippen molar-refractivity contribution in [2.75, 3.05) is 19.7 Å². The van der Waals surface area contributed by atoms with Gasteiger partial charge in [-0.3, -0.25) is 4.99 Å². The minimum Gasteiger partial charge on any atom is -0.508 e. The highest BCUT2D eigenvalue weighted by Crippen LogP contribution is 2.33. The zero-order valence-corrected chi connectivity index (χ0v) is 13.0. The molecule has 1 atom stereocenters. The summed E-state index contributed by atoms with van der Waals surface area (Å²) < 4.78 is 6.14. The smallest absolute Gasteiger partial charge is 0.129 e. The van der Waals surface area contributed by atoms with Gasteiger partial charge in [0.25, 0.3) is 0 Å². The first-order valence-electron chi connectivity index (χ1n) is 8.09. The first-order valence-corrected chi connectivity index (χ1v) is 8.09. The molecule has 2 aromatic rings. The van der Waals surface area contributed by atoms with Gasteiger partial charge in [-0.1, -0.05) is 12.1 Å². The Morgan fingerprint density at radius 3 is 2.83 bits per heavy atom. The topological polar surface area (TPSA) is 53.9 Å². The van der Waals surface area contributed by atoms with Crippen molar-refractivity contribution in [2.45, 2.75) is 13.0 Å². The lowest BCUT2D eigenvalue weighted by atomic mass is 9.99. The molecule has 4 heteroatoms. The lowest BCUT2D eigenvalue weighted by molar-refractivity contribution is 0.260. The molecule has 2 aliphatic rings. The molecule has 1 saturated heterocycles. The van der Waals surface area contributed by atoms with Crippen LogP contribution in [0.2, 0.25) is 0 Å². The van der Waals surface area contributed by atoms with Crippen LogP contribution in [0.25, 0.3) is 11.1 Å². The first kappa shape index (κ1) is 14.3. The Morgan fingerprint density at radius 1 is 1.17 bits per heavy atom. The van der Waals surface area contributed by atoms with E-state index in [-0.39, 0.29) is 5.75 Å². The molecule has 0 amide bonds. The number of ether oxygens (including phenoxy) is 1. The number of hydrogen-bond acceptors (Lipinski definition) is 4. The van der Waals surface area contributed by atoms with Gasteiger partial charge in [-0.15, -0.1) is 0 Å². The quantitative estimate of drug-likeness (QED) is 0.913. The van der Waals surface area contributed by atoms with Crippen LogP contribution in [0.1, 0.15) is 17.5 Å². The molecule has 0 aromatic heterocycles. The molecule has 118 valence electrons. The van der Waals surface area contributed by atoms with Gasteiger partial charge in [-0.2, -0.15) is 0 Å². The number of rotatable bonds is 4. The van der Waals surface area contributed by atoms with Crippen LogP contribution in [0.15, 0.2) is 41.4 Å². The highest BCUT2D eigenvalue weighted by Gasteiger charge is 2.19. The van der Waals surface area contributed by atoms with Crippen LogP contribution in [0.3, 0.4) is 0 Å². The van der Waals surface area contributed by atoms with Gasteiger partial charge in [0.2, 0.25) is 0 Å². The van der Waals surface area contributed by atoms with Crippen LogP contribution in [0, 0.1) is 5.92 Å². The molecule has 0 aliphatic carbocycles. The third kappa shape index (κ3) is 2.94. The van der Waals surface area contributed by atoms with Crippen molar-refractivity contribution in [3.05, 3.63) is 47.5 Å². The molecule has 4 nitrogen and oxygen atoms in total. The van der Waals surface area contributed by atoms with Crippen LogP contribution in [-0.2, 0) is 6.54 Å². The van der Waals surface area contributed by atoms with E-state index >= 15 is 0 Å². The molecule has 2 aliphatic heterocycles. The Kier molecular flexibility index (Phi) is 3.75. The van der Waals surface area contributed by atoms with Gasteiger partial charge < -0.3 is 15.2 Å². The zero-order valence-electron chi connectivity index (χ0n) is 13.0. The molecule has 2 heterocycles. The van der Waals surface area contributed by atoms with Crippen molar-refractivity contribution >= 4 is 6.21 Å². The predicted octanol–water partition coefficient (Wildman–Crippen LogP) is 2.98. The van der Waals surface area contributed by atoms with Crippen molar-refractivity contribution in [3.8, 4) is 22.6 Å². The number of phenols is 1. The van der Waals surface area contributed by atoms with E-state index in [9.17, 15) is 5.11 Å². The number of benzene rings is 2. The fourth-order valence-corrected chi connectivity index (χ4v) is 3.20. The summed E-state index contributed by atoms with van der Waals surface area (Å²) in [6.45, 7) is 3.57. The summed E-state index contributed by atoms with van der Waals surface area (Å²) in [5.74, 6) is 1.78.